The molecule has 14 heavy (non-hydrogen) atoms. The third-order valence-electron chi connectivity index (χ3n) is 2.04. The SMILES string of the molecule is CCC[Si](OCC1CO1)C(OC)OC. The average Bonchev–Trinajstić information content (AvgIpc) is 2.99. The number of methoxy groups -OCH3 is 2. The molecule has 0 aliphatic carbocycles. The molecule has 1 atom stereocenters. The summed E-state index contributed by atoms with van der Waals surface area (Å²) in [5.41, 5.74) is 0. The lowest BCUT2D eigenvalue weighted by Gasteiger charge is -2.21. The Hall–Kier alpha value is 0.0569. The van der Waals surface area contributed by atoms with E-state index in [0.717, 1.165) is 19.1 Å². The molecule has 1 heterocycles. The fourth-order valence-corrected chi connectivity index (χ4v) is 3.16. The van der Waals surface area contributed by atoms with Crippen LogP contribution in [0.3, 0.4) is 0 Å². The number of ether oxygens (including phenoxy) is 3. The van der Waals surface area contributed by atoms with Crippen LogP contribution in [-0.4, -0.2) is 48.5 Å². The Morgan fingerprint density at radius 3 is 2.50 bits per heavy atom. The van der Waals surface area contributed by atoms with Gasteiger partial charge in [-0.15, -0.1) is 0 Å². The number of hydrogen-bond acceptors (Lipinski definition) is 4. The van der Waals surface area contributed by atoms with Gasteiger partial charge >= 0.3 is 0 Å². The largest absolute Gasteiger partial charge is 0.408 e. The van der Waals surface area contributed by atoms with Gasteiger partial charge in [0.25, 0.3) is 9.04 Å². The van der Waals surface area contributed by atoms with E-state index in [1.807, 2.05) is 0 Å². The first-order valence-electron chi connectivity index (χ1n) is 4.97. The van der Waals surface area contributed by atoms with E-state index in [1.54, 1.807) is 14.2 Å². The maximum Gasteiger partial charge on any atom is 0.276 e. The maximum absolute atomic E-state index is 5.78. The number of rotatable bonds is 8. The predicted octanol–water partition coefficient (Wildman–Crippen LogP) is 0.961. The quantitative estimate of drug-likeness (QED) is 0.346. The summed E-state index contributed by atoms with van der Waals surface area (Å²) in [6, 6.07) is 1.05. The Kier molecular flexibility index (Phi) is 5.65. The molecule has 0 aromatic heterocycles. The molecule has 0 saturated carbocycles. The summed E-state index contributed by atoms with van der Waals surface area (Å²) in [5, 5.41) is 0. The van der Waals surface area contributed by atoms with Gasteiger partial charge in [-0.05, 0) is 6.04 Å². The van der Waals surface area contributed by atoms with Crippen molar-refractivity contribution < 1.29 is 18.6 Å². The van der Waals surface area contributed by atoms with Crippen LogP contribution in [0.15, 0.2) is 0 Å². The molecule has 5 heteroatoms. The number of epoxide rings is 1. The van der Waals surface area contributed by atoms with Crippen molar-refractivity contribution in [2.75, 3.05) is 27.4 Å². The summed E-state index contributed by atoms with van der Waals surface area (Å²) >= 11 is 0. The van der Waals surface area contributed by atoms with E-state index < -0.39 is 9.04 Å². The molecule has 1 fully saturated rings. The lowest BCUT2D eigenvalue weighted by atomic mass is 10.5. The molecule has 1 unspecified atom stereocenters. The molecule has 1 radical (unpaired) electrons. The molecular weight excluding hydrogens is 200 g/mol. The van der Waals surface area contributed by atoms with Crippen molar-refractivity contribution in [2.24, 2.45) is 0 Å². The van der Waals surface area contributed by atoms with Gasteiger partial charge in [-0.25, -0.2) is 0 Å². The van der Waals surface area contributed by atoms with Crippen molar-refractivity contribution in [1.29, 1.82) is 0 Å². The highest BCUT2D eigenvalue weighted by atomic mass is 28.3. The van der Waals surface area contributed by atoms with Crippen LogP contribution < -0.4 is 0 Å². The molecule has 0 bridgehead atoms. The van der Waals surface area contributed by atoms with E-state index in [-0.39, 0.29) is 5.91 Å². The van der Waals surface area contributed by atoms with Crippen LogP contribution in [0.1, 0.15) is 13.3 Å². The summed E-state index contributed by atoms with van der Waals surface area (Å²) < 4.78 is 21.3. The van der Waals surface area contributed by atoms with Crippen LogP contribution >= 0.6 is 0 Å². The molecule has 1 aliphatic heterocycles. The Labute approximate surface area is 87.2 Å². The van der Waals surface area contributed by atoms with Crippen molar-refractivity contribution >= 4 is 9.04 Å². The smallest absolute Gasteiger partial charge is 0.276 e. The fourth-order valence-electron chi connectivity index (χ4n) is 1.23. The molecule has 0 aromatic carbocycles. The highest BCUT2D eigenvalue weighted by Crippen LogP contribution is 2.13. The predicted molar refractivity (Wildman–Crippen MR) is 54.4 cm³/mol. The van der Waals surface area contributed by atoms with Crippen molar-refractivity contribution in [3.8, 4) is 0 Å². The van der Waals surface area contributed by atoms with E-state index in [0.29, 0.717) is 12.7 Å². The first-order chi connectivity index (χ1) is 6.81. The van der Waals surface area contributed by atoms with Gasteiger partial charge in [0, 0.05) is 14.2 Å². The zero-order valence-corrected chi connectivity index (χ0v) is 10.1. The molecule has 0 N–H and O–H groups in total. The van der Waals surface area contributed by atoms with Gasteiger partial charge < -0.3 is 18.6 Å². The first kappa shape index (κ1) is 12.1. The van der Waals surface area contributed by atoms with Crippen LogP contribution in [0.4, 0.5) is 0 Å². The van der Waals surface area contributed by atoms with Gasteiger partial charge in [0.2, 0.25) is 0 Å². The molecule has 1 rings (SSSR count). The molecule has 1 aliphatic rings. The lowest BCUT2D eigenvalue weighted by Crippen LogP contribution is -2.37. The Balaban J connectivity index is 2.26. The van der Waals surface area contributed by atoms with Gasteiger partial charge in [0.15, 0.2) is 5.91 Å². The third-order valence-corrected chi connectivity index (χ3v) is 4.57. The average molecular weight is 219 g/mol. The van der Waals surface area contributed by atoms with Gasteiger partial charge in [0.05, 0.1) is 13.2 Å². The van der Waals surface area contributed by atoms with Crippen molar-refractivity contribution in [3.63, 3.8) is 0 Å². The third kappa shape index (κ3) is 4.06. The minimum Gasteiger partial charge on any atom is -0.408 e. The second-order valence-electron chi connectivity index (χ2n) is 3.29. The summed E-state index contributed by atoms with van der Waals surface area (Å²) in [7, 11) is 2.30. The Bertz CT molecular complexity index is 148. The topological polar surface area (TPSA) is 40.2 Å². The molecule has 0 aromatic rings. The van der Waals surface area contributed by atoms with Gasteiger partial charge in [-0.3, -0.25) is 0 Å². The van der Waals surface area contributed by atoms with E-state index in [4.69, 9.17) is 18.6 Å². The summed E-state index contributed by atoms with van der Waals surface area (Å²) in [5.74, 6) is -0.168. The zero-order chi connectivity index (χ0) is 10.4. The monoisotopic (exact) mass is 219 g/mol. The normalized spacial score (nSPS) is 20.8. The standard InChI is InChI=1S/C9H19O4Si/c1-4-5-14(9(10-2)11-3)13-7-8-6-12-8/h8-9H,4-7H2,1-3H3. The Morgan fingerprint density at radius 1 is 1.43 bits per heavy atom. The molecular formula is C9H19O4Si. The molecule has 83 valence electrons. The van der Waals surface area contributed by atoms with E-state index in [9.17, 15) is 0 Å². The van der Waals surface area contributed by atoms with Gasteiger partial charge in [-0.1, -0.05) is 13.3 Å². The lowest BCUT2D eigenvalue weighted by molar-refractivity contribution is -0.0581. The van der Waals surface area contributed by atoms with Crippen LogP contribution in [0, 0.1) is 0 Å². The van der Waals surface area contributed by atoms with Crippen molar-refractivity contribution in [3.05, 3.63) is 0 Å². The minimum absolute atomic E-state index is 0.168. The molecule has 0 spiro atoms. The van der Waals surface area contributed by atoms with Crippen LogP contribution in [0.2, 0.25) is 6.04 Å². The minimum atomic E-state index is -1.02. The molecule has 0 amide bonds. The van der Waals surface area contributed by atoms with Crippen LogP contribution in [-0.2, 0) is 18.6 Å². The Morgan fingerprint density at radius 2 is 2.07 bits per heavy atom. The van der Waals surface area contributed by atoms with Crippen molar-refractivity contribution in [2.45, 2.75) is 31.4 Å². The summed E-state index contributed by atoms with van der Waals surface area (Å²) in [4.78, 5) is 0. The summed E-state index contributed by atoms with van der Waals surface area (Å²) in [6.45, 7) is 3.67. The van der Waals surface area contributed by atoms with Gasteiger partial charge in [0.1, 0.15) is 6.10 Å². The fraction of sp³-hybridized carbons (Fsp3) is 1.00. The highest BCUT2D eigenvalue weighted by molar-refractivity contribution is 6.52. The second kappa shape index (κ2) is 6.52. The van der Waals surface area contributed by atoms with Gasteiger partial charge in [-0.2, -0.15) is 0 Å². The van der Waals surface area contributed by atoms with E-state index in [2.05, 4.69) is 6.92 Å². The maximum atomic E-state index is 5.78. The summed E-state index contributed by atoms with van der Waals surface area (Å²) in [6.07, 6.45) is 1.42. The first-order valence-corrected chi connectivity index (χ1v) is 6.66. The highest BCUT2D eigenvalue weighted by Gasteiger charge is 2.29. The van der Waals surface area contributed by atoms with Crippen molar-refractivity contribution in [1.82, 2.24) is 0 Å². The second-order valence-corrected chi connectivity index (χ2v) is 5.48. The van der Waals surface area contributed by atoms with E-state index >= 15 is 0 Å². The molecule has 1 saturated heterocycles. The number of hydrogen-bond donors (Lipinski definition) is 0. The van der Waals surface area contributed by atoms with E-state index in [1.165, 1.54) is 0 Å². The van der Waals surface area contributed by atoms with Crippen LogP contribution in [0.5, 0.6) is 0 Å². The van der Waals surface area contributed by atoms with Crippen LogP contribution in [0.25, 0.3) is 0 Å². The zero-order valence-electron chi connectivity index (χ0n) is 9.12. The molecule has 4 nitrogen and oxygen atoms in total.